The second-order valence-electron chi connectivity index (χ2n) is 5.64. The Labute approximate surface area is 112 Å². The fourth-order valence-electron chi connectivity index (χ4n) is 2.16. The normalized spacial score (nSPS) is 19.6. The molecular formula is C13H20N2O2S. The van der Waals surface area contributed by atoms with Crippen LogP contribution in [-0.2, 0) is 11.2 Å². The van der Waals surface area contributed by atoms with E-state index in [9.17, 15) is 4.79 Å². The van der Waals surface area contributed by atoms with Gasteiger partial charge < -0.3 is 15.4 Å². The van der Waals surface area contributed by atoms with Crippen molar-refractivity contribution in [1.29, 1.82) is 0 Å². The molecule has 0 saturated carbocycles. The topological polar surface area (TPSA) is 55.6 Å². The van der Waals surface area contributed by atoms with Crippen molar-refractivity contribution in [1.82, 2.24) is 4.90 Å². The first-order chi connectivity index (χ1) is 8.28. The number of amides is 1. The van der Waals surface area contributed by atoms with Crippen molar-refractivity contribution in [2.75, 3.05) is 12.3 Å². The number of nitrogens with two attached hydrogens (primary N) is 1. The molecule has 4 nitrogen and oxygen atoms in total. The van der Waals surface area contributed by atoms with Crippen molar-refractivity contribution in [2.24, 2.45) is 0 Å². The third kappa shape index (κ3) is 2.61. The fourth-order valence-corrected chi connectivity index (χ4v) is 3.20. The monoisotopic (exact) mass is 268 g/mol. The van der Waals surface area contributed by atoms with Crippen LogP contribution in [0.2, 0.25) is 0 Å². The molecule has 5 heteroatoms. The molecule has 1 aliphatic rings. The summed E-state index contributed by atoms with van der Waals surface area (Å²) in [6, 6.07) is 2.06. The first-order valence-corrected chi connectivity index (χ1v) is 6.97. The molecule has 0 spiro atoms. The maximum absolute atomic E-state index is 12.1. The molecule has 0 aromatic carbocycles. The van der Waals surface area contributed by atoms with Crippen molar-refractivity contribution in [3.05, 3.63) is 16.5 Å². The molecule has 0 saturated heterocycles. The van der Waals surface area contributed by atoms with E-state index in [1.54, 1.807) is 16.2 Å². The van der Waals surface area contributed by atoms with E-state index < -0.39 is 5.60 Å². The zero-order valence-corrected chi connectivity index (χ0v) is 12.1. The van der Waals surface area contributed by atoms with Crippen LogP contribution >= 0.6 is 11.3 Å². The lowest BCUT2D eigenvalue weighted by atomic mass is 10.0. The van der Waals surface area contributed by atoms with Gasteiger partial charge >= 0.3 is 6.09 Å². The molecule has 0 bridgehead atoms. The van der Waals surface area contributed by atoms with E-state index in [-0.39, 0.29) is 12.1 Å². The van der Waals surface area contributed by atoms with Crippen LogP contribution in [0, 0.1) is 0 Å². The minimum atomic E-state index is -0.453. The molecule has 18 heavy (non-hydrogen) atoms. The van der Waals surface area contributed by atoms with Crippen LogP contribution in [0.15, 0.2) is 6.07 Å². The highest BCUT2D eigenvalue weighted by molar-refractivity contribution is 7.16. The fraction of sp³-hybridized carbons (Fsp3) is 0.615. The standard InChI is InChI=1S/C13H20N2O2S/c1-8-11-9(7-10(14)18-11)5-6-15(8)12(16)17-13(2,3)4/h7-8H,5-6,14H2,1-4H3. The molecule has 1 unspecified atom stereocenters. The van der Waals surface area contributed by atoms with Gasteiger partial charge in [-0.1, -0.05) is 0 Å². The van der Waals surface area contributed by atoms with E-state index in [1.807, 2.05) is 33.8 Å². The van der Waals surface area contributed by atoms with Crippen LogP contribution in [0.25, 0.3) is 0 Å². The molecule has 100 valence electrons. The molecule has 1 aromatic rings. The van der Waals surface area contributed by atoms with E-state index in [1.165, 1.54) is 10.4 Å². The number of hydrogen-bond donors (Lipinski definition) is 1. The maximum atomic E-state index is 12.1. The van der Waals surface area contributed by atoms with Crippen molar-refractivity contribution < 1.29 is 9.53 Å². The summed E-state index contributed by atoms with van der Waals surface area (Å²) >= 11 is 1.57. The Morgan fingerprint density at radius 3 is 2.83 bits per heavy atom. The van der Waals surface area contributed by atoms with Crippen molar-refractivity contribution in [3.63, 3.8) is 0 Å². The molecule has 1 atom stereocenters. The number of ether oxygens (including phenoxy) is 1. The molecule has 1 aromatic heterocycles. The lowest BCUT2D eigenvalue weighted by Gasteiger charge is -2.34. The van der Waals surface area contributed by atoms with Crippen LogP contribution in [0.5, 0.6) is 0 Å². The van der Waals surface area contributed by atoms with E-state index in [4.69, 9.17) is 10.5 Å². The quantitative estimate of drug-likeness (QED) is 0.786. The molecule has 2 rings (SSSR count). The SMILES string of the molecule is CC1c2sc(N)cc2CCN1C(=O)OC(C)(C)C. The highest BCUT2D eigenvalue weighted by atomic mass is 32.1. The Balaban J connectivity index is 2.16. The predicted molar refractivity (Wildman–Crippen MR) is 73.8 cm³/mol. The van der Waals surface area contributed by atoms with Gasteiger partial charge in [0.25, 0.3) is 0 Å². The average molecular weight is 268 g/mol. The Hall–Kier alpha value is -1.23. The Kier molecular flexibility index (Phi) is 3.27. The van der Waals surface area contributed by atoms with E-state index >= 15 is 0 Å². The first-order valence-electron chi connectivity index (χ1n) is 6.15. The van der Waals surface area contributed by atoms with Gasteiger partial charge in [-0.3, -0.25) is 0 Å². The minimum absolute atomic E-state index is 0.0471. The van der Waals surface area contributed by atoms with E-state index in [0.717, 1.165) is 11.4 Å². The Morgan fingerprint density at radius 1 is 1.56 bits per heavy atom. The molecule has 2 heterocycles. The molecule has 0 fully saturated rings. The molecular weight excluding hydrogens is 248 g/mol. The van der Waals surface area contributed by atoms with Gasteiger partial charge in [0.1, 0.15) is 5.60 Å². The summed E-state index contributed by atoms with van der Waals surface area (Å²) in [6.45, 7) is 8.37. The Morgan fingerprint density at radius 2 is 2.22 bits per heavy atom. The summed E-state index contributed by atoms with van der Waals surface area (Å²) in [5.41, 5.74) is 6.64. The lowest BCUT2D eigenvalue weighted by Crippen LogP contribution is -2.41. The zero-order chi connectivity index (χ0) is 13.5. The predicted octanol–water partition coefficient (Wildman–Crippen LogP) is 3.18. The van der Waals surface area contributed by atoms with Crippen LogP contribution in [-0.4, -0.2) is 23.1 Å². The maximum Gasteiger partial charge on any atom is 0.410 e. The van der Waals surface area contributed by atoms with Gasteiger partial charge in [0.15, 0.2) is 0 Å². The average Bonchev–Trinajstić information content (AvgIpc) is 2.57. The van der Waals surface area contributed by atoms with Gasteiger partial charge in [-0.15, -0.1) is 11.3 Å². The van der Waals surface area contributed by atoms with Gasteiger partial charge in [0.05, 0.1) is 11.0 Å². The molecule has 1 amide bonds. The van der Waals surface area contributed by atoms with Crippen LogP contribution in [0.4, 0.5) is 9.80 Å². The number of thiophene rings is 1. The van der Waals surface area contributed by atoms with Gasteiger partial charge in [-0.2, -0.15) is 0 Å². The van der Waals surface area contributed by atoms with Gasteiger partial charge in [0, 0.05) is 11.4 Å². The van der Waals surface area contributed by atoms with Crippen LogP contribution < -0.4 is 5.73 Å². The van der Waals surface area contributed by atoms with E-state index in [2.05, 4.69) is 0 Å². The van der Waals surface area contributed by atoms with Crippen molar-refractivity contribution in [3.8, 4) is 0 Å². The third-order valence-electron chi connectivity index (χ3n) is 2.96. The van der Waals surface area contributed by atoms with Crippen LogP contribution in [0.3, 0.4) is 0 Å². The number of nitrogens with zero attached hydrogens (tertiary/aromatic N) is 1. The van der Waals surface area contributed by atoms with Crippen molar-refractivity contribution in [2.45, 2.75) is 45.8 Å². The smallest absolute Gasteiger partial charge is 0.410 e. The highest BCUT2D eigenvalue weighted by Gasteiger charge is 2.32. The summed E-state index contributed by atoms with van der Waals surface area (Å²) in [4.78, 5) is 15.1. The Bertz CT molecular complexity index is 462. The summed E-state index contributed by atoms with van der Waals surface area (Å²) in [5.74, 6) is 0. The number of nitrogen functional groups attached to an aromatic ring is 1. The molecule has 1 aliphatic heterocycles. The minimum Gasteiger partial charge on any atom is -0.444 e. The van der Waals surface area contributed by atoms with Gasteiger partial charge in [-0.05, 0) is 45.7 Å². The second-order valence-corrected chi connectivity index (χ2v) is 6.75. The summed E-state index contributed by atoms with van der Waals surface area (Å²) in [6.07, 6.45) is 0.611. The van der Waals surface area contributed by atoms with E-state index in [0.29, 0.717) is 6.54 Å². The molecule has 0 aliphatic carbocycles. The molecule has 0 radical (unpaired) electrons. The second kappa shape index (κ2) is 4.46. The number of rotatable bonds is 0. The third-order valence-corrected chi connectivity index (χ3v) is 4.13. The first kappa shape index (κ1) is 13.2. The number of hydrogen-bond acceptors (Lipinski definition) is 4. The summed E-state index contributed by atoms with van der Waals surface area (Å²) < 4.78 is 5.43. The van der Waals surface area contributed by atoms with Gasteiger partial charge in [0.2, 0.25) is 0 Å². The highest BCUT2D eigenvalue weighted by Crippen LogP contribution is 2.37. The van der Waals surface area contributed by atoms with Crippen molar-refractivity contribution >= 4 is 22.4 Å². The largest absolute Gasteiger partial charge is 0.444 e. The number of carbonyl (C=O) groups is 1. The number of carbonyl (C=O) groups excluding carboxylic acids is 1. The van der Waals surface area contributed by atoms with Crippen LogP contribution in [0.1, 0.15) is 44.2 Å². The molecule has 2 N–H and O–H groups in total. The number of fused-ring (bicyclic) bond motifs is 1. The van der Waals surface area contributed by atoms with Gasteiger partial charge in [-0.25, -0.2) is 4.79 Å². The zero-order valence-electron chi connectivity index (χ0n) is 11.3. The lowest BCUT2D eigenvalue weighted by molar-refractivity contribution is 0.0164. The summed E-state index contributed by atoms with van der Waals surface area (Å²) in [7, 11) is 0. The summed E-state index contributed by atoms with van der Waals surface area (Å²) in [5, 5.41) is 0.817. The number of anilines is 1.